The molecule has 0 aliphatic carbocycles. The molecular weight excluding hydrogens is 246 g/mol. The molecule has 1 aromatic carbocycles. The quantitative estimate of drug-likeness (QED) is 0.778. The van der Waals surface area contributed by atoms with Crippen molar-refractivity contribution in [1.82, 2.24) is 9.97 Å². The summed E-state index contributed by atoms with van der Waals surface area (Å²) in [6, 6.07) is 16.4. The molecule has 0 unspecified atom stereocenters. The number of pyridine rings is 2. The molecule has 1 N–H and O–H groups in total. The fourth-order valence-electron chi connectivity index (χ4n) is 2.21. The van der Waals surface area contributed by atoms with E-state index in [1.54, 1.807) is 0 Å². The van der Waals surface area contributed by atoms with E-state index in [4.69, 9.17) is 0 Å². The predicted octanol–water partition coefficient (Wildman–Crippen LogP) is 3.85. The van der Waals surface area contributed by atoms with Gasteiger partial charge in [0.15, 0.2) is 0 Å². The van der Waals surface area contributed by atoms with E-state index in [-0.39, 0.29) is 0 Å². The Morgan fingerprint density at radius 2 is 1.55 bits per heavy atom. The minimum Gasteiger partial charge on any atom is -0.373 e. The van der Waals surface area contributed by atoms with Gasteiger partial charge in [-0.25, -0.2) is 4.98 Å². The van der Waals surface area contributed by atoms with Crippen molar-refractivity contribution >= 4 is 5.82 Å². The van der Waals surface area contributed by atoms with E-state index in [1.165, 1.54) is 0 Å². The molecule has 98 valence electrons. The molecule has 0 bridgehead atoms. The van der Waals surface area contributed by atoms with Crippen LogP contribution in [0.2, 0.25) is 0 Å². The standard InChI is InChI=1S/C17H15N3/c1-18-17-11-15(14-7-9-19-10-8-14)16(12-20-17)13-5-3-2-4-6-13/h2-12H,1H3,(H,18,20). The summed E-state index contributed by atoms with van der Waals surface area (Å²) in [5.41, 5.74) is 4.57. The smallest absolute Gasteiger partial charge is 0.126 e. The molecule has 20 heavy (non-hydrogen) atoms. The highest BCUT2D eigenvalue weighted by molar-refractivity contribution is 5.84. The molecule has 3 aromatic rings. The Bertz CT molecular complexity index is 694. The van der Waals surface area contributed by atoms with Crippen LogP contribution in [0.25, 0.3) is 22.3 Å². The maximum Gasteiger partial charge on any atom is 0.126 e. The maximum absolute atomic E-state index is 4.43. The number of hydrogen-bond acceptors (Lipinski definition) is 3. The summed E-state index contributed by atoms with van der Waals surface area (Å²) in [6.45, 7) is 0. The largest absolute Gasteiger partial charge is 0.373 e. The minimum atomic E-state index is 0.858. The summed E-state index contributed by atoms with van der Waals surface area (Å²) in [7, 11) is 1.88. The van der Waals surface area contributed by atoms with Crippen LogP contribution in [-0.4, -0.2) is 17.0 Å². The Morgan fingerprint density at radius 1 is 0.850 bits per heavy atom. The third kappa shape index (κ3) is 2.38. The molecule has 2 heterocycles. The van der Waals surface area contributed by atoms with Crippen molar-refractivity contribution in [3.8, 4) is 22.3 Å². The summed E-state index contributed by atoms with van der Waals surface area (Å²) in [5, 5.41) is 3.09. The van der Waals surface area contributed by atoms with E-state index in [0.29, 0.717) is 0 Å². The van der Waals surface area contributed by atoms with Crippen LogP contribution in [-0.2, 0) is 0 Å². The van der Waals surface area contributed by atoms with Gasteiger partial charge in [0.25, 0.3) is 0 Å². The second-order valence-electron chi connectivity index (χ2n) is 4.47. The number of aromatic nitrogens is 2. The van der Waals surface area contributed by atoms with Gasteiger partial charge in [0.1, 0.15) is 5.82 Å². The fraction of sp³-hybridized carbons (Fsp3) is 0.0588. The Balaban J connectivity index is 2.20. The van der Waals surface area contributed by atoms with Crippen molar-refractivity contribution in [3.05, 3.63) is 67.1 Å². The molecule has 0 radical (unpaired) electrons. The normalized spacial score (nSPS) is 10.2. The number of nitrogens with one attached hydrogen (secondary N) is 1. The monoisotopic (exact) mass is 261 g/mol. The van der Waals surface area contributed by atoms with Crippen LogP contribution in [0, 0.1) is 0 Å². The van der Waals surface area contributed by atoms with Crippen LogP contribution in [0.3, 0.4) is 0 Å². The lowest BCUT2D eigenvalue weighted by molar-refractivity contribution is 1.28. The second kappa shape index (κ2) is 5.53. The van der Waals surface area contributed by atoms with Gasteiger partial charge in [-0.1, -0.05) is 30.3 Å². The van der Waals surface area contributed by atoms with Gasteiger partial charge < -0.3 is 5.32 Å². The average Bonchev–Trinajstić information content (AvgIpc) is 2.56. The minimum absolute atomic E-state index is 0.858. The van der Waals surface area contributed by atoms with Crippen LogP contribution in [0.1, 0.15) is 0 Å². The summed E-state index contributed by atoms with van der Waals surface area (Å²) in [4.78, 5) is 8.52. The molecule has 0 spiro atoms. The maximum atomic E-state index is 4.43. The molecule has 3 rings (SSSR count). The summed E-state index contributed by atoms with van der Waals surface area (Å²) in [5.74, 6) is 0.858. The first-order chi connectivity index (χ1) is 9.88. The van der Waals surface area contributed by atoms with E-state index in [2.05, 4.69) is 33.5 Å². The van der Waals surface area contributed by atoms with Gasteiger partial charge in [0.05, 0.1) is 0 Å². The number of anilines is 1. The first-order valence-electron chi connectivity index (χ1n) is 6.52. The van der Waals surface area contributed by atoms with Crippen molar-refractivity contribution < 1.29 is 0 Å². The lowest BCUT2D eigenvalue weighted by atomic mass is 9.97. The Hall–Kier alpha value is -2.68. The third-order valence-corrected chi connectivity index (χ3v) is 3.24. The van der Waals surface area contributed by atoms with Crippen LogP contribution in [0.5, 0.6) is 0 Å². The second-order valence-corrected chi connectivity index (χ2v) is 4.47. The molecular formula is C17H15N3. The Kier molecular flexibility index (Phi) is 3.42. The van der Waals surface area contributed by atoms with E-state index in [9.17, 15) is 0 Å². The molecule has 0 atom stereocenters. The molecule has 0 saturated heterocycles. The summed E-state index contributed by atoms with van der Waals surface area (Å²) < 4.78 is 0. The van der Waals surface area contributed by atoms with Gasteiger partial charge in [-0.15, -0.1) is 0 Å². The number of rotatable bonds is 3. The van der Waals surface area contributed by atoms with E-state index < -0.39 is 0 Å². The van der Waals surface area contributed by atoms with Gasteiger partial charge >= 0.3 is 0 Å². The van der Waals surface area contributed by atoms with E-state index in [1.807, 2.05) is 56.0 Å². The first-order valence-corrected chi connectivity index (χ1v) is 6.52. The highest BCUT2D eigenvalue weighted by Gasteiger charge is 2.09. The van der Waals surface area contributed by atoms with Gasteiger partial charge in [0, 0.05) is 31.2 Å². The van der Waals surface area contributed by atoms with Crippen molar-refractivity contribution in [2.24, 2.45) is 0 Å². The van der Waals surface area contributed by atoms with Crippen molar-refractivity contribution in [1.29, 1.82) is 0 Å². The predicted molar refractivity (Wildman–Crippen MR) is 82.5 cm³/mol. The fourth-order valence-corrected chi connectivity index (χ4v) is 2.21. The zero-order valence-corrected chi connectivity index (χ0v) is 11.2. The van der Waals surface area contributed by atoms with Gasteiger partial charge in [-0.05, 0) is 34.9 Å². The SMILES string of the molecule is CNc1cc(-c2ccncc2)c(-c2ccccc2)cn1. The number of nitrogens with zero attached hydrogens (tertiary/aromatic N) is 2. The van der Waals surface area contributed by atoms with Crippen molar-refractivity contribution in [2.45, 2.75) is 0 Å². The lowest BCUT2D eigenvalue weighted by Gasteiger charge is -2.11. The van der Waals surface area contributed by atoms with Crippen LogP contribution in [0.15, 0.2) is 67.1 Å². The van der Waals surface area contributed by atoms with Crippen molar-refractivity contribution in [2.75, 3.05) is 12.4 Å². The molecule has 0 fully saturated rings. The van der Waals surface area contributed by atoms with Gasteiger partial charge in [-0.3, -0.25) is 4.98 Å². The molecule has 3 heteroatoms. The molecule has 2 aromatic heterocycles. The topological polar surface area (TPSA) is 37.8 Å². The highest BCUT2D eigenvalue weighted by atomic mass is 14.9. The zero-order valence-electron chi connectivity index (χ0n) is 11.2. The molecule has 0 aliphatic rings. The first kappa shape index (κ1) is 12.4. The van der Waals surface area contributed by atoms with E-state index >= 15 is 0 Å². The van der Waals surface area contributed by atoms with Crippen LogP contribution >= 0.6 is 0 Å². The summed E-state index contributed by atoms with van der Waals surface area (Å²) >= 11 is 0. The molecule has 0 amide bonds. The summed E-state index contributed by atoms with van der Waals surface area (Å²) in [6.07, 6.45) is 5.53. The number of benzene rings is 1. The van der Waals surface area contributed by atoms with Crippen LogP contribution in [0.4, 0.5) is 5.82 Å². The molecule has 0 saturated carbocycles. The Labute approximate surface area is 118 Å². The zero-order chi connectivity index (χ0) is 13.8. The van der Waals surface area contributed by atoms with E-state index in [0.717, 1.165) is 28.1 Å². The third-order valence-electron chi connectivity index (χ3n) is 3.24. The molecule has 3 nitrogen and oxygen atoms in total. The molecule has 0 aliphatic heterocycles. The highest BCUT2D eigenvalue weighted by Crippen LogP contribution is 2.32. The van der Waals surface area contributed by atoms with Gasteiger partial charge in [0.2, 0.25) is 0 Å². The Morgan fingerprint density at radius 3 is 2.25 bits per heavy atom. The van der Waals surface area contributed by atoms with Crippen LogP contribution < -0.4 is 5.32 Å². The lowest BCUT2D eigenvalue weighted by Crippen LogP contribution is -1.94. The van der Waals surface area contributed by atoms with Crippen molar-refractivity contribution in [3.63, 3.8) is 0 Å². The van der Waals surface area contributed by atoms with Gasteiger partial charge in [-0.2, -0.15) is 0 Å². The average molecular weight is 261 g/mol. The number of hydrogen-bond donors (Lipinski definition) is 1.